The molecule has 0 spiro atoms. The van der Waals surface area contributed by atoms with Gasteiger partial charge >= 0.3 is 0 Å². The van der Waals surface area contributed by atoms with E-state index in [9.17, 15) is 9.90 Å². The Hall–Kier alpha value is -2.22. The van der Waals surface area contributed by atoms with Crippen LogP contribution in [0.5, 0.6) is 0 Å². The smallest absolute Gasteiger partial charge is 0.251 e. The van der Waals surface area contributed by atoms with Crippen molar-refractivity contribution in [3.63, 3.8) is 0 Å². The van der Waals surface area contributed by atoms with Gasteiger partial charge in [-0.15, -0.1) is 0 Å². The maximum absolute atomic E-state index is 12.9. The van der Waals surface area contributed by atoms with E-state index in [-0.39, 0.29) is 18.1 Å². The van der Waals surface area contributed by atoms with Crippen molar-refractivity contribution in [3.05, 3.63) is 52.0 Å². The maximum atomic E-state index is 12.9. The summed E-state index contributed by atoms with van der Waals surface area (Å²) in [6.07, 6.45) is 3.05. The first kappa shape index (κ1) is 22.0. The molecular weight excluding hydrogens is 410 g/mol. The van der Waals surface area contributed by atoms with E-state index in [1.54, 1.807) is 11.3 Å². The van der Waals surface area contributed by atoms with Gasteiger partial charge in [0.15, 0.2) is 6.29 Å². The number of rotatable bonds is 7. The fourth-order valence-corrected chi connectivity index (χ4v) is 5.23. The summed E-state index contributed by atoms with van der Waals surface area (Å²) in [7, 11) is 0. The van der Waals surface area contributed by atoms with Gasteiger partial charge in [0.2, 0.25) is 0 Å². The molecule has 2 N–H and O–H groups in total. The predicted molar refractivity (Wildman–Crippen MR) is 124 cm³/mol. The highest BCUT2D eigenvalue weighted by Gasteiger charge is 2.27. The van der Waals surface area contributed by atoms with Crippen molar-refractivity contribution in [2.45, 2.75) is 77.4 Å². The number of aliphatic hydroxyl groups is 1. The molecule has 0 radical (unpaired) electrons. The second kappa shape index (κ2) is 9.51. The lowest BCUT2D eigenvalue weighted by Gasteiger charge is -2.31. The van der Waals surface area contributed by atoms with Crippen molar-refractivity contribution in [2.24, 2.45) is 0 Å². The normalized spacial score (nSPS) is 21.6. The van der Waals surface area contributed by atoms with Crippen molar-refractivity contribution in [2.75, 3.05) is 0 Å². The molecule has 1 fully saturated rings. The van der Waals surface area contributed by atoms with E-state index in [4.69, 9.17) is 9.72 Å². The number of nitrogens with one attached hydrogen (secondary N) is 1. The van der Waals surface area contributed by atoms with Gasteiger partial charge in [0.05, 0.1) is 17.1 Å². The number of thiophene rings is 1. The van der Waals surface area contributed by atoms with Gasteiger partial charge in [-0.25, -0.2) is 4.98 Å². The van der Waals surface area contributed by atoms with Crippen LogP contribution >= 0.6 is 11.3 Å². The van der Waals surface area contributed by atoms with E-state index in [1.807, 2.05) is 25.1 Å². The number of carbonyl (C=O) groups excluding carboxylic acids is 1. The Morgan fingerprint density at radius 1 is 1.32 bits per heavy atom. The van der Waals surface area contributed by atoms with Gasteiger partial charge in [-0.05, 0) is 66.8 Å². The quantitative estimate of drug-likeness (QED) is 0.559. The third-order valence-corrected chi connectivity index (χ3v) is 6.83. The number of hydrogen-bond acceptors (Lipinski definition) is 5. The number of benzene rings is 1. The summed E-state index contributed by atoms with van der Waals surface area (Å²) in [6.45, 7) is 6.33. The molecular formula is C24H31N3O3S. The Kier molecular flexibility index (Phi) is 6.74. The maximum Gasteiger partial charge on any atom is 0.251 e. The summed E-state index contributed by atoms with van der Waals surface area (Å²) in [5, 5.41) is 17.1. The minimum absolute atomic E-state index is 0.0769. The monoisotopic (exact) mass is 441 g/mol. The lowest BCUT2D eigenvalue weighted by molar-refractivity contribution is -0.163. The lowest BCUT2D eigenvalue weighted by Crippen LogP contribution is -2.44. The van der Waals surface area contributed by atoms with E-state index in [0.717, 1.165) is 36.1 Å². The summed E-state index contributed by atoms with van der Waals surface area (Å²) in [6, 6.07) is 8.21. The number of nitrogens with zero attached hydrogens (tertiary/aromatic N) is 2. The number of ether oxygens (including phenoxy) is 1. The zero-order valence-corrected chi connectivity index (χ0v) is 19.2. The molecule has 0 aliphatic carbocycles. The van der Waals surface area contributed by atoms with Crippen molar-refractivity contribution >= 4 is 28.3 Å². The van der Waals surface area contributed by atoms with Crippen LogP contribution in [0.2, 0.25) is 0 Å². The summed E-state index contributed by atoms with van der Waals surface area (Å²) >= 11 is 1.70. The van der Waals surface area contributed by atoms with Crippen LogP contribution in [0.4, 0.5) is 0 Å². The van der Waals surface area contributed by atoms with Crippen LogP contribution in [0.3, 0.4) is 0 Å². The molecule has 2 unspecified atom stereocenters. The fraction of sp³-hybridized carbons (Fsp3) is 0.500. The Morgan fingerprint density at radius 3 is 2.81 bits per heavy atom. The third-order valence-electron chi connectivity index (χ3n) is 6.10. The number of aliphatic hydroxyl groups excluding tert-OH is 1. The molecule has 4 rings (SSSR count). The van der Waals surface area contributed by atoms with E-state index in [2.05, 4.69) is 40.6 Å². The standard InChI is InChI=1S/C24H31N3O3S/c1-4-19(5-2)27-21-7-6-17(24(29)25-18-10-15(3)30-23(28)13-18)12-20(21)26-22(27)11-16-8-9-31-14-16/h6-9,12,14-15,18-19,23,28H,4-5,10-11,13H2,1-3H3,(H,25,29)/t15?,18-,23?/m0/s1. The Balaban J connectivity index is 1.63. The topological polar surface area (TPSA) is 76.4 Å². The Labute approximate surface area is 187 Å². The highest BCUT2D eigenvalue weighted by Crippen LogP contribution is 2.28. The van der Waals surface area contributed by atoms with E-state index >= 15 is 0 Å². The molecule has 3 heterocycles. The molecule has 1 aliphatic heterocycles. The van der Waals surface area contributed by atoms with Crippen molar-refractivity contribution < 1.29 is 14.6 Å². The number of aromatic nitrogens is 2. The summed E-state index contributed by atoms with van der Waals surface area (Å²) in [5.74, 6) is 0.908. The van der Waals surface area contributed by atoms with Crippen molar-refractivity contribution in [3.8, 4) is 0 Å². The SMILES string of the molecule is CCC(CC)n1c(Cc2ccsc2)nc2cc(C(=O)N[C@H]3CC(C)OC(O)C3)ccc21. The van der Waals surface area contributed by atoms with Gasteiger partial charge in [0.25, 0.3) is 5.91 Å². The number of fused-ring (bicyclic) bond motifs is 1. The van der Waals surface area contributed by atoms with Gasteiger partial charge in [0, 0.05) is 30.5 Å². The van der Waals surface area contributed by atoms with E-state index in [1.165, 1.54) is 5.56 Å². The Bertz CT molecular complexity index is 1020. The second-order valence-electron chi connectivity index (χ2n) is 8.42. The van der Waals surface area contributed by atoms with E-state index < -0.39 is 6.29 Å². The molecule has 3 aromatic rings. The number of hydrogen-bond donors (Lipinski definition) is 2. The Morgan fingerprint density at radius 2 is 2.13 bits per heavy atom. The minimum atomic E-state index is -0.827. The zero-order valence-electron chi connectivity index (χ0n) is 18.4. The van der Waals surface area contributed by atoms with Gasteiger partial charge in [-0.2, -0.15) is 11.3 Å². The first-order valence-corrected chi connectivity index (χ1v) is 12.1. The molecule has 1 saturated heterocycles. The minimum Gasteiger partial charge on any atom is -0.368 e. The molecule has 1 amide bonds. The molecule has 2 aromatic heterocycles. The van der Waals surface area contributed by atoms with Gasteiger partial charge in [0.1, 0.15) is 5.82 Å². The van der Waals surface area contributed by atoms with Crippen LogP contribution in [0.1, 0.15) is 74.2 Å². The van der Waals surface area contributed by atoms with Crippen LogP contribution in [-0.4, -0.2) is 39.0 Å². The molecule has 6 nitrogen and oxygen atoms in total. The zero-order chi connectivity index (χ0) is 22.0. The van der Waals surface area contributed by atoms with Gasteiger partial charge in [-0.3, -0.25) is 4.79 Å². The highest BCUT2D eigenvalue weighted by atomic mass is 32.1. The first-order chi connectivity index (χ1) is 15.0. The fourth-order valence-electron chi connectivity index (χ4n) is 4.56. The van der Waals surface area contributed by atoms with Crippen LogP contribution in [0.25, 0.3) is 11.0 Å². The summed E-state index contributed by atoms with van der Waals surface area (Å²) in [4.78, 5) is 17.8. The first-order valence-electron chi connectivity index (χ1n) is 11.1. The molecule has 0 bridgehead atoms. The average Bonchev–Trinajstić information content (AvgIpc) is 3.36. The lowest BCUT2D eigenvalue weighted by atomic mass is 10.0. The summed E-state index contributed by atoms with van der Waals surface area (Å²) < 4.78 is 7.71. The molecule has 1 aliphatic rings. The molecule has 3 atom stereocenters. The van der Waals surface area contributed by atoms with Crippen molar-refractivity contribution in [1.29, 1.82) is 0 Å². The van der Waals surface area contributed by atoms with Crippen LogP contribution < -0.4 is 5.32 Å². The molecule has 31 heavy (non-hydrogen) atoms. The van der Waals surface area contributed by atoms with E-state index in [0.29, 0.717) is 24.4 Å². The number of imidazole rings is 1. The molecule has 166 valence electrons. The molecule has 7 heteroatoms. The van der Waals surface area contributed by atoms with Crippen LogP contribution in [-0.2, 0) is 11.2 Å². The number of carbonyl (C=O) groups is 1. The summed E-state index contributed by atoms with van der Waals surface area (Å²) in [5.41, 5.74) is 3.78. The van der Waals surface area contributed by atoms with Gasteiger partial charge in [-0.1, -0.05) is 13.8 Å². The molecule has 1 aromatic carbocycles. The third kappa shape index (κ3) is 4.84. The number of amides is 1. The predicted octanol–water partition coefficient (Wildman–Crippen LogP) is 4.67. The molecule has 0 saturated carbocycles. The van der Waals surface area contributed by atoms with Gasteiger partial charge < -0.3 is 19.7 Å². The average molecular weight is 442 g/mol. The largest absolute Gasteiger partial charge is 0.368 e. The van der Waals surface area contributed by atoms with Crippen molar-refractivity contribution in [1.82, 2.24) is 14.9 Å². The highest BCUT2D eigenvalue weighted by molar-refractivity contribution is 7.07. The van der Waals surface area contributed by atoms with Crippen LogP contribution in [0, 0.1) is 0 Å². The second-order valence-corrected chi connectivity index (χ2v) is 9.20. The van der Waals surface area contributed by atoms with Crippen LogP contribution in [0.15, 0.2) is 35.0 Å².